The highest BCUT2D eigenvalue weighted by molar-refractivity contribution is 5.92. The molecule has 0 aliphatic heterocycles. The number of carbonyl (C=O) groups is 1. The second-order valence-corrected chi connectivity index (χ2v) is 6.24. The summed E-state index contributed by atoms with van der Waals surface area (Å²) in [4.78, 5) is 12.6. The zero-order valence-corrected chi connectivity index (χ0v) is 16.5. The molecule has 152 valence electrons. The molecule has 0 radical (unpaired) electrons. The van der Waals surface area contributed by atoms with Crippen LogP contribution in [0.4, 0.5) is 4.39 Å². The van der Waals surface area contributed by atoms with E-state index in [4.69, 9.17) is 18.7 Å². The Labute approximate surface area is 167 Å². The van der Waals surface area contributed by atoms with Crippen molar-refractivity contribution in [3.8, 4) is 28.5 Å². The van der Waals surface area contributed by atoms with E-state index in [0.717, 1.165) is 5.56 Å². The summed E-state index contributed by atoms with van der Waals surface area (Å²) >= 11 is 0. The van der Waals surface area contributed by atoms with Crippen LogP contribution in [0.3, 0.4) is 0 Å². The average Bonchev–Trinajstić information content (AvgIpc) is 3.23. The van der Waals surface area contributed by atoms with E-state index < -0.39 is 11.7 Å². The first kappa shape index (κ1) is 20.2. The van der Waals surface area contributed by atoms with Crippen molar-refractivity contribution >= 4 is 5.91 Å². The van der Waals surface area contributed by atoms with Crippen LogP contribution in [0.2, 0.25) is 0 Å². The van der Waals surface area contributed by atoms with Crippen molar-refractivity contribution in [2.24, 2.45) is 0 Å². The first-order valence-corrected chi connectivity index (χ1v) is 8.80. The van der Waals surface area contributed by atoms with Gasteiger partial charge in [-0.3, -0.25) is 4.79 Å². The molecule has 7 nitrogen and oxygen atoms in total. The fourth-order valence-electron chi connectivity index (χ4n) is 2.87. The summed E-state index contributed by atoms with van der Waals surface area (Å²) in [5.41, 5.74) is 1.64. The predicted molar refractivity (Wildman–Crippen MR) is 104 cm³/mol. The second kappa shape index (κ2) is 8.64. The Morgan fingerprint density at radius 3 is 2.34 bits per heavy atom. The third-order valence-electron chi connectivity index (χ3n) is 4.39. The highest BCUT2D eigenvalue weighted by atomic mass is 19.1. The molecule has 0 aliphatic rings. The minimum absolute atomic E-state index is 0.0172. The van der Waals surface area contributed by atoms with Crippen LogP contribution in [0.25, 0.3) is 11.3 Å². The molecule has 8 heteroatoms. The van der Waals surface area contributed by atoms with E-state index in [2.05, 4.69) is 10.5 Å². The smallest absolute Gasteiger partial charge is 0.290 e. The monoisotopic (exact) mass is 400 g/mol. The summed E-state index contributed by atoms with van der Waals surface area (Å²) in [6, 6.07) is 10.5. The number of methoxy groups -OCH3 is 3. The van der Waals surface area contributed by atoms with Gasteiger partial charge in [0.2, 0.25) is 11.5 Å². The van der Waals surface area contributed by atoms with E-state index >= 15 is 0 Å². The zero-order chi connectivity index (χ0) is 21.0. The largest absolute Gasteiger partial charge is 0.493 e. The third kappa shape index (κ3) is 4.31. The lowest BCUT2D eigenvalue weighted by atomic mass is 10.1. The van der Waals surface area contributed by atoms with E-state index in [0.29, 0.717) is 28.5 Å². The van der Waals surface area contributed by atoms with E-state index in [1.807, 2.05) is 6.92 Å². The molecule has 1 N–H and O–H groups in total. The molecule has 1 aromatic heterocycles. The number of rotatable bonds is 7. The van der Waals surface area contributed by atoms with Crippen molar-refractivity contribution in [2.45, 2.75) is 13.0 Å². The number of hydrogen-bond acceptors (Lipinski definition) is 6. The van der Waals surface area contributed by atoms with E-state index in [-0.39, 0.29) is 11.8 Å². The molecule has 3 aromatic rings. The zero-order valence-electron chi connectivity index (χ0n) is 16.5. The highest BCUT2D eigenvalue weighted by Gasteiger charge is 2.20. The molecule has 1 heterocycles. The van der Waals surface area contributed by atoms with Crippen LogP contribution in [0.1, 0.15) is 29.1 Å². The van der Waals surface area contributed by atoms with Gasteiger partial charge < -0.3 is 24.1 Å². The van der Waals surface area contributed by atoms with E-state index in [1.165, 1.54) is 39.5 Å². The van der Waals surface area contributed by atoms with Crippen LogP contribution >= 0.6 is 0 Å². The fourth-order valence-corrected chi connectivity index (χ4v) is 2.87. The number of aromatic nitrogens is 1. The fraction of sp³-hybridized carbons (Fsp3) is 0.238. The van der Waals surface area contributed by atoms with Gasteiger partial charge in [0, 0.05) is 11.6 Å². The molecule has 2 aromatic carbocycles. The van der Waals surface area contributed by atoms with Gasteiger partial charge in [-0.15, -0.1) is 0 Å². The van der Waals surface area contributed by atoms with Crippen molar-refractivity contribution in [3.05, 3.63) is 59.6 Å². The van der Waals surface area contributed by atoms with Gasteiger partial charge in [0.25, 0.3) is 5.91 Å². The molecular weight excluding hydrogens is 379 g/mol. The van der Waals surface area contributed by atoms with Crippen molar-refractivity contribution in [1.29, 1.82) is 0 Å². The molecule has 0 bridgehead atoms. The first-order chi connectivity index (χ1) is 14.0. The highest BCUT2D eigenvalue weighted by Crippen LogP contribution is 2.39. The lowest BCUT2D eigenvalue weighted by Gasteiger charge is -2.18. The van der Waals surface area contributed by atoms with Crippen LogP contribution in [0.15, 0.2) is 47.0 Å². The summed E-state index contributed by atoms with van der Waals surface area (Å²) in [6.45, 7) is 1.81. The van der Waals surface area contributed by atoms with Crippen molar-refractivity contribution in [2.75, 3.05) is 21.3 Å². The van der Waals surface area contributed by atoms with Gasteiger partial charge in [-0.25, -0.2) is 4.39 Å². The molecule has 0 saturated carbocycles. The molecule has 0 fully saturated rings. The SMILES string of the molecule is COc1cc([C@H](C)NC(=O)c2cc(-c3cccc(F)c3)no2)cc(OC)c1OC. The Hall–Kier alpha value is -3.55. The molecular formula is C21H21FN2O5. The summed E-state index contributed by atoms with van der Waals surface area (Å²) in [5.74, 6) is 0.594. The first-order valence-electron chi connectivity index (χ1n) is 8.80. The lowest BCUT2D eigenvalue weighted by molar-refractivity contribution is 0.0902. The Morgan fingerprint density at radius 1 is 1.07 bits per heavy atom. The normalized spacial score (nSPS) is 11.6. The standard InChI is InChI=1S/C21H21FN2O5/c1-12(14-9-17(26-2)20(28-4)18(10-14)27-3)23-21(25)19-11-16(24-29-19)13-6-5-7-15(22)8-13/h5-12H,1-4H3,(H,23,25)/t12-/m0/s1. The molecule has 1 atom stereocenters. The Morgan fingerprint density at radius 2 is 1.76 bits per heavy atom. The van der Waals surface area contributed by atoms with Gasteiger partial charge in [0.05, 0.1) is 27.4 Å². The maximum absolute atomic E-state index is 13.4. The minimum atomic E-state index is -0.457. The van der Waals surface area contributed by atoms with Crippen LogP contribution in [0.5, 0.6) is 17.2 Å². The maximum Gasteiger partial charge on any atom is 0.290 e. The Kier molecular flexibility index (Phi) is 6.01. The van der Waals surface area contributed by atoms with Crippen LogP contribution in [-0.4, -0.2) is 32.4 Å². The Bertz CT molecular complexity index is 993. The van der Waals surface area contributed by atoms with Gasteiger partial charge in [0.1, 0.15) is 11.5 Å². The van der Waals surface area contributed by atoms with Gasteiger partial charge in [-0.05, 0) is 36.8 Å². The number of halogens is 1. The number of carbonyl (C=O) groups excluding carboxylic acids is 1. The number of ether oxygens (including phenoxy) is 3. The lowest BCUT2D eigenvalue weighted by Crippen LogP contribution is -2.26. The number of nitrogens with zero attached hydrogens (tertiary/aromatic N) is 1. The quantitative estimate of drug-likeness (QED) is 0.646. The van der Waals surface area contributed by atoms with Gasteiger partial charge >= 0.3 is 0 Å². The molecule has 29 heavy (non-hydrogen) atoms. The van der Waals surface area contributed by atoms with Gasteiger partial charge in [0.15, 0.2) is 11.5 Å². The molecule has 0 unspecified atom stereocenters. The second-order valence-electron chi connectivity index (χ2n) is 6.24. The molecule has 0 aliphatic carbocycles. The van der Waals surface area contributed by atoms with Crippen LogP contribution in [-0.2, 0) is 0 Å². The summed E-state index contributed by atoms with van der Waals surface area (Å²) in [6.07, 6.45) is 0. The molecule has 0 spiro atoms. The van der Waals surface area contributed by atoms with E-state index in [9.17, 15) is 9.18 Å². The summed E-state index contributed by atoms with van der Waals surface area (Å²) in [5, 5.41) is 6.68. The third-order valence-corrected chi connectivity index (χ3v) is 4.39. The van der Waals surface area contributed by atoms with Crippen molar-refractivity contribution < 1.29 is 27.9 Å². The number of nitrogens with one attached hydrogen (secondary N) is 1. The maximum atomic E-state index is 13.4. The number of amides is 1. The van der Waals surface area contributed by atoms with Crippen molar-refractivity contribution in [3.63, 3.8) is 0 Å². The summed E-state index contributed by atoms with van der Waals surface area (Å²) in [7, 11) is 4.56. The van der Waals surface area contributed by atoms with E-state index in [1.54, 1.807) is 24.3 Å². The predicted octanol–water partition coefficient (Wildman–Crippen LogP) is 4.00. The molecule has 1 amide bonds. The van der Waals surface area contributed by atoms with Crippen LogP contribution in [0, 0.1) is 5.82 Å². The number of benzene rings is 2. The van der Waals surface area contributed by atoms with Gasteiger partial charge in [-0.2, -0.15) is 0 Å². The minimum Gasteiger partial charge on any atom is -0.493 e. The van der Waals surface area contributed by atoms with Gasteiger partial charge in [-0.1, -0.05) is 17.3 Å². The molecule has 3 rings (SSSR count). The average molecular weight is 400 g/mol. The number of hydrogen-bond donors (Lipinski definition) is 1. The topological polar surface area (TPSA) is 82.8 Å². The Balaban J connectivity index is 1.79. The van der Waals surface area contributed by atoms with Crippen LogP contribution < -0.4 is 19.5 Å². The van der Waals surface area contributed by atoms with Crippen molar-refractivity contribution in [1.82, 2.24) is 10.5 Å². The molecule has 0 saturated heterocycles. The summed E-state index contributed by atoms with van der Waals surface area (Å²) < 4.78 is 34.5.